The zero-order chi connectivity index (χ0) is 26.7. The summed E-state index contributed by atoms with van der Waals surface area (Å²) in [6, 6.07) is 21.4. The first kappa shape index (κ1) is 21.9. The highest BCUT2D eigenvalue weighted by molar-refractivity contribution is 7.02. The Hall–Kier alpha value is -3.99. The summed E-state index contributed by atoms with van der Waals surface area (Å²) in [4.78, 5) is 0. The van der Waals surface area contributed by atoms with Crippen LogP contribution < -0.4 is 21.1 Å². The van der Waals surface area contributed by atoms with Crippen LogP contribution in [0.1, 0.15) is 52.7 Å². The lowest BCUT2D eigenvalue weighted by molar-refractivity contribution is 0.479. The van der Waals surface area contributed by atoms with Crippen molar-refractivity contribution in [1.82, 2.24) is 8.97 Å². The van der Waals surface area contributed by atoms with E-state index in [1.165, 1.54) is 33.2 Å². The van der Waals surface area contributed by atoms with Crippen LogP contribution in [0.5, 0.6) is 11.5 Å². The number of hydrogen-bond donors (Lipinski definition) is 0. The number of aromatic nitrogens is 2. The van der Waals surface area contributed by atoms with Crippen molar-refractivity contribution in [3.63, 3.8) is 0 Å². The highest BCUT2D eigenvalue weighted by Crippen LogP contribution is 2.45. The van der Waals surface area contributed by atoms with Gasteiger partial charge in [-0.05, 0) is 85.9 Å². The molecular weight excluding hydrogens is 482 g/mol. The van der Waals surface area contributed by atoms with Gasteiger partial charge in [-0.2, -0.15) is 0 Å². The number of hydrogen-bond acceptors (Lipinski definition) is 1. The number of benzene rings is 4. The van der Waals surface area contributed by atoms with E-state index in [2.05, 4.69) is 86.9 Å². The molecule has 0 fully saturated rings. The molecule has 2 aromatic heterocycles. The molecule has 190 valence electrons. The lowest BCUT2D eigenvalue weighted by Crippen LogP contribution is -2.56. The number of ether oxygens (including phenoxy) is 1. The Morgan fingerprint density at radius 3 is 2.15 bits per heavy atom. The zero-order valence-corrected chi connectivity index (χ0v) is 23.0. The molecule has 3 aliphatic rings. The quantitative estimate of drug-likeness (QED) is 0.208. The standard InChI is InChI=1S/C34H28BFN2O/c1-33(2,3)17-13-21-19-11-12-23-31-28(19)35-27(21)25(15-17)39-26-16-18(34(4,5)6)14-24(29(26)35)38(31)32-30(36)20-9-7-8-10-22(20)37(23)32/h7-16H,1-6H3. The number of rotatable bonds is 0. The molecule has 0 bridgehead atoms. The van der Waals surface area contributed by atoms with Crippen LogP contribution in [-0.4, -0.2) is 15.7 Å². The minimum Gasteiger partial charge on any atom is -0.458 e. The first-order chi connectivity index (χ1) is 18.5. The third-order valence-electron chi connectivity index (χ3n) is 9.27. The van der Waals surface area contributed by atoms with Gasteiger partial charge in [0.2, 0.25) is 0 Å². The lowest BCUT2D eigenvalue weighted by atomic mass is 9.36. The summed E-state index contributed by atoms with van der Waals surface area (Å²) >= 11 is 0. The van der Waals surface area contributed by atoms with E-state index in [1.807, 2.05) is 24.3 Å². The number of halogens is 1. The van der Waals surface area contributed by atoms with E-state index in [4.69, 9.17) is 4.74 Å². The highest BCUT2D eigenvalue weighted by Gasteiger charge is 2.48. The number of fused-ring (bicyclic) bond motifs is 7. The molecular formula is C34H28BFN2O. The Balaban J connectivity index is 1.55. The van der Waals surface area contributed by atoms with Crippen molar-refractivity contribution in [2.24, 2.45) is 0 Å². The normalized spacial score (nSPS) is 14.7. The Labute approximate surface area is 226 Å². The molecule has 3 aliphatic heterocycles. The highest BCUT2D eigenvalue weighted by atomic mass is 19.1. The second kappa shape index (κ2) is 6.42. The molecule has 0 radical (unpaired) electrons. The predicted molar refractivity (Wildman–Crippen MR) is 159 cm³/mol. The summed E-state index contributed by atoms with van der Waals surface area (Å²) in [6.07, 6.45) is 0. The molecule has 6 aromatic rings. The van der Waals surface area contributed by atoms with Gasteiger partial charge in [-0.15, -0.1) is 0 Å². The van der Waals surface area contributed by atoms with Crippen molar-refractivity contribution in [3.05, 3.63) is 77.6 Å². The summed E-state index contributed by atoms with van der Waals surface area (Å²) in [5.41, 5.74) is 13.2. The van der Waals surface area contributed by atoms with Crippen molar-refractivity contribution in [2.75, 3.05) is 0 Å². The fraction of sp³-hybridized carbons (Fsp3) is 0.235. The molecule has 0 atom stereocenters. The van der Waals surface area contributed by atoms with Gasteiger partial charge < -0.3 is 4.74 Å². The predicted octanol–water partition coefficient (Wildman–Crippen LogP) is 6.69. The average Bonchev–Trinajstić information content (AvgIpc) is 3.50. The Morgan fingerprint density at radius 1 is 0.718 bits per heavy atom. The van der Waals surface area contributed by atoms with Crippen molar-refractivity contribution in [3.8, 4) is 28.3 Å². The molecule has 0 N–H and O–H groups in total. The average molecular weight is 510 g/mol. The molecule has 39 heavy (non-hydrogen) atoms. The second-order valence-corrected chi connectivity index (χ2v) is 13.6. The van der Waals surface area contributed by atoms with E-state index < -0.39 is 0 Å². The van der Waals surface area contributed by atoms with Gasteiger partial charge >= 0.3 is 0 Å². The first-order valence-electron chi connectivity index (χ1n) is 13.9. The summed E-state index contributed by atoms with van der Waals surface area (Å²) in [5, 5.41) is 0.651. The fourth-order valence-electron chi connectivity index (χ4n) is 7.33. The van der Waals surface area contributed by atoms with Crippen molar-refractivity contribution in [2.45, 2.75) is 52.4 Å². The van der Waals surface area contributed by atoms with Crippen molar-refractivity contribution < 1.29 is 9.13 Å². The zero-order valence-electron chi connectivity index (χ0n) is 23.0. The third kappa shape index (κ3) is 2.42. The van der Waals surface area contributed by atoms with Gasteiger partial charge in [0.25, 0.3) is 6.71 Å². The van der Waals surface area contributed by atoms with Crippen LogP contribution in [0.2, 0.25) is 0 Å². The monoisotopic (exact) mass is 510 g/mol. The van der Waals surface area contributed by atoms with E-state index in [9.17, 15) is 0 Å². The lowest BCUT2D eigenvalue weighted by Gasteiger charge is -2.33. The Kier molecular flexibility index (Phi) is 3.60. The van der Waals surface area contributed by atoms with Crippen molar-refractivity contribution in [1.29, 1.82) is 0 Å². The molecule has 0 unspecified atom stereocenters. The molecule has 9 rings (SSSR count). The van der Waals surface area contributed by atoms with E-state index in [0.29, 0.717) is 11.0 Å². The van der Waals surface area contributed by atoms with Gasteiger partial charge in [-0.25, -0.2) is 4.39 Å². The number of para-hydroxylation sites is 1. The second-order valence-electron chi connectivity index (χ2n) is 13.6. The number of nitrogens with zero attached hydrogens (tertiary/aromatic N) is 2. The van der Waals surface area contributed by atoms with Crippen LogP contribution in [0.15, 0.2) is 60.7 Å². The van der Waals surface area contributed by atoms with Crippen LogP contribution in [0, 0.1) is 5.82 Å². The van der Waals surface area contributed by atoms with Crippen LogP contribution >= 0.6 is 0 Å². The fourth-order valence-corrected chi connectivity index (χ4v) is 7.33. The molecule has 4 aromatic carbocycles. The molecule has 5 heterocycles. The van der Waals surface area contributed by atoms with Gasteiger partial charge in [-0.1, -0.05) is 65.8 Å². The van der Waals surface area contributed by atoms with Gasteiger partial charge in [-0.3, -0.25) is 8.97 Å². The minimum atomic E-state index is -0.174. The van der Waals surface area contributed by atoms with Gasteiger partial charge in [0.1, 0.15) is 11.5 Å². The molecule has 0 saturated heterocycles. The Bertz CT molecular complexity index is 2130. The van der Waals surface area contributed by atoms with Crippen LogP contribution in [0.25, 0.3) is 44.4 Å². The van der Waals surface area contributed by atoms with Gasteiger partial charge in [0, 0.05) is 11.1 Å². The maximum atomic E-state index is 16.4. The van der Waals surface area contributed by atoms with Crippen molar-refractivity contribution >= 4 is 50.7 Å². The summed E-state index contributed by atoms with van der Waals surface area (Å²) in [5.74, 6) is 1.68. The molecule has 5 heteroatoms. The third-order valence-corrected chi connectivity index (χ3v) is 9.27. The van der Waals surface area contributed by atoms with Crippen LogP contribution in [0.4, 0.5) is 4.39 Å². The topological polar surface area (TPSA) is 18.6 Å². The SMILES string of the molecule is CC(C)(C)c1cc2c3c(c1)-c1ccc4c5c1B3c1c(cc(C(C)(C)C)cc1-n5c1c(F)c3ccccc3n41)O2. The van der Waals surface area contributed by atoms with E-state index in [1.54, 1.807) is 0 Å². The van der Waals surface area contributed by atoms with Gasteiger partial charge in [0.15, 0.2) is 11.5 Å². The molecule has 0 saturated carbocycles. The maximum Gasteiger partial charge on any atom is 0.258 e. The summed E-state index contributed by atoms with van der Waals surface area (Å²) in [6.45, 7) is 13.5. The summed E-state index contributed by atoms with van der Waals surface area (Å²) in [7, 11) is 0. The molecule has 0 spiro atoms. The van der Waals surface area contributed by atoms with Crippen LogP contribution in [0.3, 0.4) is 0 Å². The van der Waals surface area contributed by atoms with Gasteiger partial charge in [0.05, 0.1) is 16.6 Å². The first-order valence-corrected chi connectivity index (χ1v) is 13.9. The minimum absolute atomic E-state index is 0.0187. The summed E-state index contributed by atoms with van der Waals surface area (Å²) < 4.78 is 27.6. The molecule has 0 amide bonds. The largest absolute Gasteiger partial charge is 0.458 e. The molecule has 3 nitrogen and oxygen atoms in total. The maximum absolute atomic E-state index is 16.4. The van der Waals surface area contributed by atoms with E-state index >= 15 is 4.39 Å². The molecule has 0 aliphatic carbocycles. The van der Waals surface area contributed by atoms with E-state index in [0.717, 1.165) is 39.2 Å². The number of imidazole rings is 1. The Morgan fingerprint density at radius 2 is 1.41 bits per heavy atom. The smallest absolute Gasteiger partial charge is 0.258 e. The van der Waals surface area contributed by atoms with Crippen LogP contribution in [-0.2, 0) is 10.8 Å². The van der Waals surface area contributed by atoms with E-state index in [-0.39, 0.29) is 23.4 Å².